The molecule has 0 heterocycles. The lowest BCUT2D eigenvalue weighted by molar-refractivity contribution is -0.0261. The van der Waals surface area contributed by atoms with E-state index in [2.05, 4.69) is 20.8 Å². The Bertz CT molecular complexity index is 419. The lowest BCUT2D eigenvalue weighted by Gasteiger charge is -2.25. The van der Waals surface area contributed by atoms with E-state index in [4.69, 9.17) is 9.47 Å². The molecule has 0 spiro atoms. The molecule has 0 aromatic rings. The highest BCUT2D eigenvalue weighted by atomic mass is 16.7. The summed E-state index contributed by atoms with van der Waals surface area (Å²) in [6.45, 7) is 11.2. The first-order valence-corrected chi connectivity index (χ1v) is 14.8. The van der Waals surface area contributed by atoms with Gasteiger partial charge in [-0.05, 0) is 39.0 Å². The van der Waals surface area contributed by atoms with Crippen molar-refractivity contribution in [3.63, 3.8) is 0 Å². The number of hydrogen-bond donors (Lipinski definition) is 0. The van der Waals surface area contributed by atoms with Crippen molar-refractivity contribution >= 4 is 6.16 Å². The first kappa shape index (κ1) is 32.3. The summed E-state index contributed by atoms with van der Waals surface area (Å²) in [6, 6.07) is 0. The molecule has 0 saturated heterocycles. The van der Waals surface area contributed by atoms with Gasteiger partial charge in [0.25, 0.3) is 0 Å². The Morgan fingerprint density at radius 3 is 1.48 bits per heavy atom. The molecule has 33 heavy (non-hydrogen) atoms. The van der Waals surface area contributed by atoms with Crippen molar-refractivity contribution < 1.29 is 14.3 Å². The van der Waals surface area contributed by atoms with E-state index in [0.717, 1.165) is 19.3 Å². The highest BCUT2D eigenvalue weighted by Crippen LogP contribution is 2.21. The van der Waals surface area contributed by atoms with Gasteiger partial charge in [-0.2, -0.15) is 0 Å². The normalized spacial score (nSPS) is 12.6. The predicted molar refractivity (Wildman–Crippen MR) is 144 cm³/mol. The molecular formula is C30H60O3. The summed E-state index contributed by atoms with van der Waals surface area (Å²) in [4.78, 5) is 12.1. The van der Waals surface area contributed by atoms with Crippen molar-refractivity contribution in [1.82, 2.24) is 0 Å². The summed E-state index contributed by atoms with van der Waals surface area (Å²) in [6.07, 6.45) is 26.9. The molecule has 0 aromatic carbocycles. The van der Waals surface area contributed by atoms with Crippen LogP contribution >= 0.6 is 0 Å². The monoisotopic (exact) mass is 468 g/mol. The third kappa shape index (κ3) is 24.2. The molecule has 0 rings (SSSR count). The summed E-state index contributed by atoms with van der Waals surface area (Å²) < 4.78 is 11.0. The summed E-state index contributed by atoms with van der Waals surface area (Å²) in [7, 11) is 0. The minimum Gasteiger partial charge on any atom is -0.434 e. The average Bonchev–Trinajstić information content (AvgIpc) is 2.77. The Morgan fingerprint density at radius 2 is 1.03 bits per heavy atom. The molecule has 0 bridgehead atoms. The van der Waals surface area contributed by atoms with E-state index in [1.165, 1.54) is 116 Å². The first-order valence-electron chi connectivity index (χ1n) is 14.8. The van der Waals surface area contributed by atoms with Gasteiger partial charge in [-0.15, -0.1) is 0 Å². The van der Waals surface area contributed by atoms with Gasteiger partial charge in [-0.1, -0.05) is 136 Å². The number of ether oxygens (including phenoxy) is 2. The molecule has 1 unspecified atom stereocenters. The zero-order chi connectivity index (χ0) is 24.6. The van der Waals surface area contributed by atoms with E-state index in [9.17, 15) is 4.79 Å². The highest BCUT2D eigenvalue weighted by Gasteiger charge is 2.23. The fourth-order valence-electron chi connectivity index (χ4n) is 4.44. The van der Waals surface area contributed by atoms with E-state index in [1.807, 2.05) is 13.8 Å². The van der Waals surface area contributed by atoms with Gasteiger partial charge in [0.2, 0.25) is 0 Å². The quantitative estimate of drug-likeness (QED) is 0.104. The molecule has 0 aliphatic rings. The Kier molecular flexibility index (Phi) is 22.5. The molecule has 3 heteroatoms. The lowest BCUT2D eigenvalue weighted by Crippen LogP contribution is -2.29. The fraction of sp³-hybridized carbons (Fsp3) is 0.967. The molecule has 198 valence electrons. The average molecular weight is 469 g/mol. The van der Waals surface area contributed by atoms with Crippen LogP contribution in [0.2, 0.25) is 0 Å². The van der Waals surface area contributed by atoms with Crippen LogP contribution in [0.15, 0.2) is 0 Å². The van der Waals surface area contributed by atoms with Crippen molar-refractivity contribution in [1.29, 1.82) is 0 Å². The van der Waals surface area contributed by atoms with Crippen LogP contribution in [0.5, 0.6) is 0 Å². The summed E-state index contributed by atoms with van der Waals surface area (Å²) in [5.41, 5.74) is -0.433. The van der Waals surface area contributed by atoms with Gasteiger partial charge in [-0.25, -0.2) is 4.79 Å². The van der Waals surface area contributed by atoms with E-state index in [-0.39, 0.29) is 0 Å². The standard InChI is InChI=1S/C30H60O3/c1-6-8-10-12-14-16-17-19-21-23-25-28(3)27-32-29(31)33-30(4,5)26-24-22-20-18-15-13-11-9-7-2/h28H,6-27H2,1-5H3. The maximum Gasteiger partial charge on any atom is 0.508 e. The van der Waals surface area contributed by atoms with Crippen molar-refractivity contribution in [3.8, 4) is 0 Å². The summed E-state index contributed by atoms with van der Waals surface area (Å²) >= 11 is 0. The number of rotatable bonds is 24. The topological polar surface area (TPSA) is 35.5 Å². The first-order chi connectivity index (χ1) is 15.9. The Balaban J connectivity index is 3.60. The molecular weight excluding hydrogens is 408 g/mol. The van der Waals surface area contributed by atoms with Gasteiger partial charge in [0, 0.05) is 0 Å². The van der Waals surface area contributed by atoms with Crippen molar-refractivity contribution in [2.75, 3.05) is 6.61 Å². The molecule has 3 nitrogen and oxygen atoms in total. The van der Waals surface area contributed by atoms with Crippen molar-refractivity contribution in [3.05, 3.63) is 0 Å². The zero-order valence-corrected chi connectivity index (χ0v) is 23.4. The maximum absolute atomic E-state index is 12.1. The SMILES string of the molecule is CCCCCCCCCCCCC(C)COC(=O)OC(C)(C)CCCCCCCCCCC. The van der Waals surface area contributed by atoms with Crippen molar-refractivity contribution in [2.45, 2.75) is 175 Å². The van der Waals surface area contributed by atoms with Crippen LogP contribution in [0.25, 0.3) is 0 Å². The van der Waals surface area contributed by atoms with E-state index in [0.29, 0.717) is 12.5 Å². The second kappa shape index (κ2) is 23.0. The molecule has 0 saturated carbocycles. The second-order valence-electron chi connectivity index (χ2n) is 11.1. The zero-order valence-electron chi connectivity index (χ0n) is 23.4. The van der Waals surface area contributed by atoms with Crippen LogP contribution in [0.4, 0.5) is 4.79 Å². The summed E-state index contributed by atoms with van der Waals surface area (Å²) in [5.74, 6) is 0.409. The Labute approximate surface area is 208 Å². The number of carbonyl (C=O) groups is 1. The molecule has 0 fully saturated rings. The summed E-state index contributed by atoms with van der Waals surface area (Å²) in [5, 5.41) is 0. The van der Waals surface area contributed by atoms with Crippen LogP contribution < -0.4 is 0 Å². The number of hydrogen-bond acceptors (Lipinski definition) is 3. The van der Waals surface area contributed by atoms with Gasteiger partial charge < -0.3 is 9.47 Å². The van der Waals surface area contributed by atoms with Crippen molar-refractivity contribution in [2.24, 2.45) is 5.92 Å². The van der Waals surface area contributed by atoms with E-state index < -0.39 is 11.8 Å². The molecule has 0 aliphatic heterocycles. The minimum atomic E-state index is -0.495. The fourth-order valence-corrected chi connectivity index (χ4v) is 4.44. The predicted octanol–water partition coefficient (Wildman–Crippen LogP) is 10.8. The Morgan fingerprint density at radius 1 is 0.636 bits per heavy atom. The largest absolute Gasteiger partial charge is 0.508 e. The molecule has 0 aromatic heterocycles. The van der Waals surface area contributed by atoms with Crippen LogP contribution in [-0.4, -0.2) is 18.4 Å². The third-order valence-electron chi connectivity index (χ3n) is 6.78. The molecule has 0 radical (unpaired) electrons. The Hall–Kier alpha value is -0.730. The maximum atomic E-state index is 12.1. The highest BCUT2D eigenvalue weighted by molar-refractivity contribution is 5.60. The van der Waals surface area contributed by atoms with Crippen LogP contribution in [-0.2, 0) is 9.47 Å². The smallest absolute Gasteiger partial charge is 0.434 e. The van der Waals surface area contributed by atoms with E-state index >= 15 is 0 Å². The van der Waals surface area contributed by atoms with E-state index in [1.54, 1.807) is 0 Å². The molecule has 0 N–H and O–H groups in total. The number of unbranched alkanes of at least 4 members (excludes halogenated alkanes) is 17. The van der Waals surface area contributed by atoms with Crippen LogP contribution in [0.3, 0.4) is 0 Å². The minimum absolute atomic E-state index is 0.409. The van der Waals surface area contributed by atoms with Gasteiger partial charge in [0.05, 0.1) is 6.61 Å². The lowest BCUT2D eigenvalue weighted by atomic mass is 9.99. The van der Waals surface area contributed by atoms with Crippen LogP contribution in [0, 0.1) is 5.92 Å². The second-order valence-corrected chi connectivity index (χ2v) is 11.1. The van der Waals surface area contributed by atoms with Gasteiger partial charge in [0.15, 0.2) is 0 Å². The third-order valence-corrected chi connectivity index (χ3v) is 6.78. The molecule has 0 amide bonds. The number of carbonyl (C=O) groups excluding carboxylic acids is 1. The van der Waals surface area contributed by atoms with Gasteiger partial charge >= 0.3 is 6.16 Å². The van der Waals surface area contributed by atoms with Gasteiger partial charge in [0.1, 0.15) is 5.60 Å². The molecule has 1 atom stereocenters. The van der Waals surface area contributed by atoms with Gasteiger partial charge in [-0.3, -0.25) is 0 Å². The van der Waals surface area contributed by atoms with Crippen LogP contribution in [0.1, 0.15) is 169 Å². The molecule has 0 aliphatic carbocycles.